The van der Waals surface area contributed by atoms with Crippen LogP contribution in [-0.2, 0) is 9.53 Å². The molecule has 1 spiro atoms. The standard InChI is InChI=1S/C13H21NO2/c1-12(9-6-11(15)14(2)3)7-4-5-8-13(12)10-16-13/h6,9H,4-5,7-8,10H2,1-3H3/b9-6+. The normalized spacial score (nSPS) is 37.9. The van der Waals surface area contributed by atoms with Gasteiger partial charge in [0.15, 0.2) is 0 Å². The molecule has 1 aliphatic heterocycles. The maximum absolute atomic E-state index is 11.6. The number of hydrogen-bond acceptors (Lipinski definition) is 2. The van der Waals surface area contributed by atoms with E-state index in [1.165, 1.54) is 12.8 Å². The second kappa shape index (κ2) is 3.88. The maximum atomic E-state index is 11.6. The highest BCUT2D eigenvalue weighted by atomic mass is 16.6. The second-order valence-electron chi connectivity index (χ2n) is 5.47. The SMILES string of the molecule is CN(C)C(=O)/C=C/C1(C)CCCCC12CO2. The Morgan fingerprint density at radius 1 is 1.31 bits per heavy atom. The summed E-state index contributed by atoms with van der Waals surface area (Å²) < 4.78 is 5.67. The van der Waals surface area contributed by atoms with Crippen LogP contribution in [0.3, 0.4) is 0 Å². The lowest BCUT2D eigenvalue weighted by atomic mass is 9.67. The number of carbonyl (C=O) groups excluding carboxylic acids is 1. The number of hydrogen-bond donors (Lipinski definition) is 0. The Bertz CT molecular complexity index is 318. The average molecular weight is 223 g/mol. The van der Waals surface area contributed by atoms with E-state index in [9.17, 15) is 4.79 Å². The zero-order chi connectivity index (χ0) is 11.8. The Labute approximate surface area is 97.5 Å². The minimum atomic E-state index is 0.0499. The van der Waals surface area contributed by atoms with Crippen LogP contribution in [0.2, 0.25) is 0 Å². The summed E-state index contributed by atoms with van der Waals surface area (Å²) in [6.45, 7) is 3.09. The number of ether oxygens (including phenoxy) is 1. The van der Waals surface area contributed by atoms with Gasteiger partial charge in [-0.2, -0.15) is 0 Å². The molecule has 1 saturated carbocycles. The molecule has 16 heavy (non-hydrogen) atoms. The molecule has 2 atom stereocenters. The van der Waals surface area contributed by atoms with Gasteiger partial charge < -0.3 is 9.64 Å². The number of likely N-dealkylation sites (N-methyl/N-ethyl adjacent to an activating group) is 1. The van der Waals surface area contributed by atoms with Crippen molar-refractivity contribution in [3.8, 4) is 0 Å². The zero-order valence-electron chi connectivity index (χ0n) is 10.5. The molecular weight excluding hydrogens is 202 g/mol. The predicted octanol–water partition coefficient (Wildman–Crippen LogP) is 1.98. The molecule has 3 heteroatoms. The van der Waals surface area contributed by atoms with E-state index < -0.39 is 0 Å². The zero-order valence-corrected chi connectivity index (χ0v) is 10.5. The van der Waals surface area contributed by atoms with E-state index in [1.807, 2.05) is 0 Å². The highest BCUT2D eigenvalue weighted by Gasteiger charge is 2.58. The van der Waals surface area contributed by atoms with Gasteiger partial charge in [0.1, 0.15) is 5.60 Å². The van der Waals surface area contributed by atoms with E-state index in [4.69, 9.17) is 4.74 Å². The number of rotatable bonds is 2. The molecule has 1 aliphatic carbocycles. The topological polar surface area (TPSA) is 32.8 Å². The first-order chi connectivity index (χ1) is 7.49. The number of nitrogens with zero attached hydrogens (tertiary/aromatic N) is 1. The molecule has 0 aromatic heterocycles. The monoisotopic (exact) mass is 223 g/mol. The van der Waals surface area contributed by atoms with Crippen molar-refractivity contribution < 1.29 is 9.53 Å². The number of epoxide rings is 1. The van der Waals surface area contributed by atoms with Gasteiger partial charge in [-0.1, -0.05) is 25.8 Å². The Morgan fingerprint density at radius 2 is 1.94 bits per heavy atom. The molecular formula is C13H21NO2. The van der Waals surface area contributed by atoms with Crippen molar-refractivity contribution in [1.29, 1.82) is 0 Å². The molecule has 3 nitrogen and oxygen atoms in total. The molecule has 1 heterocycles. The molecule has 0 N–H and O–H groups in total. The Hall–Kier alpha value is -0.830. The first-order valence-electron chi connectivity index (χ1n) is 6.04. The smallest absolute Gasteiger partial charge is 0.245 e. The van der Waals surface area contributed by atoms with Gasteiger partial charge in [-0.05, 0) is 18.9 Å². The van der Waals surface area contributed by atoms with Crippen molar-refractivity contribution in [3.05, 3.63) is 12.2 Å². The third-order valence-corrected chi connectivity index (χ3v) is 4.09. The Balaban J connectivity index is 2.09. The van der Waals surface area contributed by atoms with Gasteiger partial charge >= 0.3 is 0 Å². The average Bonchev–Trinajstić information content (AvgIpc) is 3.01. The molecule has 90 valence electrons. The van der Waals surface area contributed by atoms with Gasteiger partial charge in [0, 0.05) is 19.5 Å². The minimum absolute atomic E-state index is 0.0499. The van der Waals surface area contributed by atoms with Gasteiger partial charge in [0.2, 0.25) is 5.91 Å². The third-order valence-electron chi connectivity index (χ3n) is 4.09. The van der Waals surface area contributed by atoms with Gasteiger partial charge in [-0.3, -0.25) is 4.79 Å². The molecule has 1 saturated heterocycles. The predicted molar refractivity (Wildman–Crippen MR) is 63.1 cm³/mol. The van der Waals surface area contributed by atoms with Crippen LogP contribution in [0.25, 0.3) is 0 Å². The lowest BCUT2D eigenvalue weighted by molar-refractivity contribution is -0.123. The van der Waals surface area contributed by atoms with Crippen LogP contribution in [-0.4, -0.2) is 37.1 Å². The summed E-state index contributed by atoms with van der Waals surface area (Å²) in [6.07, 6.45) is 8.54. The summed E-state index contributed by atoms with van der Waals surface area (Å²) in [5.41, 5.74) is 0.102. The van der Waals surface area contributed by atoms with E-state index in [0.29, 0.717) is 0 Å². The molecule has 2 unspecified atom stereocenters. The summed E-state index contributed by atoms with van der Waals surface area (Å²) in [5.74, 6) is 0.0580. The van der Waals surface area contributed by atoms with Crippen LogP contribution in [0, 0.1) is 5.41 Å². The molecule has 1 amide bonds. The highest BCUT2D eigenvalue weighted by Crippen LogP contribution is 2.54. The fourth-order valence-electron chi connectivity index (χ4n) is 2.62. The summed E-state index contributed by atoms with van der Waals surface area (Å²) in [5, 5.41) is 0. The van der Waals surface area contributed by atoms with Gasteiger partial charge in [0.05, 0.1) is 6.61 Å². The van der Waals surface area contributed by atoms with Crippen molar-refractivity contribution >= 4 is 5.91 Å². The van der Waals surface area contributed by atoms with Crippen molar-refractivity contribution in [3.63, 3.8) is 0 Å². The van der Waals surface area contributed by atoms with Crippen molar-refractivity contribution in [2.45, 2.75) is 38.2 Å². The molecule has 0 aromatic rings. The summed E-state index contributed by atoms with van der Waals surface area (Å²) in [7, 11) is 3.55. The van der Waals surface area contributed by atoms with Crippen LogP contribution in [0.4, 0.5) is 0 Å². The third kappa shape index (κ3) is 1.88. The van der Waals surface area contributed by atoms with Crippen molar-refractivity contribution in [2.24, 2.45) is 5.41 Å². The fraction of sp³-hybridized carbons (Fsp3) is 0.769. The second-order valence-corrected chi connectivity index (χ2v) is 5.47. The molecule has 2 rings (SSSR count). The van der Waals surface area contributed by atoms with E-state index in [2.05, 4.69) is 13.0 Å². The molecule has 2 fully saturated rings. The minimum Gasteiger partial charge on any atom is -0.369 e. The van der Waals surface area contributed by atoms with Crippen LogP contribution < -0.4 is 0 Å². The van der Waals surface area contributed by atoms with Crippen molar-refractivity contribution in [1.82, 2.24) is 4.90 Å². The molecule has 0 radical (unpaired) electrons. The van der Waals surface area contributed by atoms with Gasteiger partial charge in [0.25, 0.3) is 0 Å². The van der Waals surface area contributed by atoms with Crippen LogP contribution in [0.5, 0.6) is 0 Å². The highest BCUT2D eigenvalue weighted by molar-refractivity contribution is 5.87. The lowest BCUT2D eigenvalue weighted by Crippen LogP contribution is -2.37. The van der Waals surface area contributed by atoms with E-state index >= 15 is 0 Å². The quantitative estimate of drug-likeness (QED) is 0.529. The number of carbonyl (C=O) groups is 1. The van der Waals surface area contributed by atoms with E-state index in [-0.39, 0.29) is 16.9 Å². The fourth-order valence-corrected chi connectivity index (χ4v) is 2.62. The maximum Gasteiger partial charge on any atom is 0.245 e. The summed E-state index contributed by atoms with van der Waals surface area (Å²) >= 11 is 0. The van der Waals surface area contributed by atoms with E-state index in [0.717, 1.165) is 19.4 Å². The number of amides is 1. The van der Waals surface area contributed by atoms with Gasteiger partial charge in [-0.15, -0.1) is 0 Å². The molecule has 0 bridgehead atoms. The van der Waals surface area contributed by atoms with Crippen LogP contribution in [0.1, 0.15) is 32.6 Å². The molecule has 0 aromatic carbocycles. The Kier molecular flexibility index (Phi) is 2.82. The van der Waals surface area contributed by atoms with Crippen LogP contribution in [0.15, 0.2) is 12.2 Å². The van der Waals surface area contributed by atoms with Gasteiger partial charge in [-0.25, -0.2) is 0 Å². The largest absolute Gasteiger partial charge is 0.369 e. The van der Waals surface area contributed by atoms with Crippen molar-refractivity contribution in [2.75, 3.05) is 20.7 Å². The summed E-state index contributed by atoms with van der Waals surface area (Å²) in [4.78, 5) is 13.2. The first-order valence-corrected chi connectivity index (χ1v) is 6.04. The molecule has 2 aliphatic rings. The Morgan fingerprint density at radius 3 is 2.50 bits per heavy atom. The lowest BCUT2D eigenvalue weighted by Gasteiger charge is -2.37. The van der Waals surface area contributed by atoms with Crippen LogP contribution >= 0.6 is 0 Å². The van der Waals surface area contributed by atoms with E-state index in [1.54, 1.807) is 25.1 Å². The summed E-state index contributed by atoms with van der Waals surface area (Å²) in [6, 6.07) is 0. The first kappa shape index (κ1) is 11.6.